The van der Waals surface area contributed by atoms with Crippen LogP contribution in [0.25, 0.3) is 0 Å². The molecule has 0 aromatic heterocycles. The summed E-state index contributed by atoms with van der Waals surface area (Å²) in [5.41, 5.74) is 5.51. The van der Waals surface area contributed by atoms with E-state index >= 15 is 0 Å². The van der Waals surface area contributed by atoms with E-state index in [-0.39, 0.29) is 6.61 Å². The lowest BCUT2D eigenvalue weighted by Crippen LogP contribution is -2.53. The summed E-state index contributed by atoms with van der Waals surface area (Å²) in [6.45, 7) is 12.0. The predicted octanol–water partition coefficient (Wildman–Crippen LogP) is 0.112. The number of hydrogen-bond acceptors (Lipinski definition) is 4. The highest BCUT2D eigenvalue weighted by Gasteiger charge is 2.24. The van der Waals surface area contributed by atoms with Crippen molar-refractivity contribution >= 4 is 0 Å². The minimum Gasteiger partial charge on any atom is -0.394 e. The van der Waals surface area contributed by atoms with Gasteiger partial charge >= 0.3 is 0 Å². The topological polar surface area (TPSA) is 52.7 Å². The van der Waals surface area contributed by atoms with Crippen LogP contribution in [-0.4, -0.2) is 65.8 Å². The molecule has 0 aliphatic carbocycles. The van der Waals surface area contributed by atoms with Gasteiger partial charge in [0.25, 0.3) is 0 Å². The fourth-order valence-electron chi connectivity index (χ4n) is 2.24. The predicted molar refractivity (Wildman–Crippen MR) is 67.4 cm³/mol. The highest BCUT2D eigenvalue weighted by atomic mass is 16.3. The molecule has 0 radical (unpaired) electrons. The van der Waals surface area contributed by atoms with Crippen molar-refractivity contribution in [3.63, 3.8) is 0 Å². The van der Waals surface area contributed by atoms with Crippen molar-refractivity contribution in [2.24, 2.45) is 5.73 Å². The molecule has 2 unspecified atom stereocenters. The first kappa shape index (κ1) is 13.9. The Kier molecular flexibility index (Phi) is 5.18. The molecule has 0 spiro atoms. The standard InChI is InChI=1S/C12H27N3O/c1-4-15-8-7-14(9-11(15)2)6-5-12(3,13)10-16/h11,16H,4-10,13H2,1-3H3. The van der Waals surface area contributed by atoms with E-state index in [1.165, 1.54) is 0 Å². The van der Waals surface area contributed by atoms with Crippen LogP contribution in [0, 0.1) is 0 Å². The summed E-state index contributed by atoms with van der Waals surface area (Å²) in [7, 11) is 0. The first-order chi connectivity index (χ1) is 7.48. The molecule has 4 heteroatoms. The van der Waals surface area contributed by atoms with E-state index in [4.69, 9.17) is 10.8 Å². The molecular formula is C12H27N3O. The van der Waals surface area contributed by atoms with Gasteiger partial charge in [0.2, 0.25) is 0 Å². The Morgan fingerprint density at radius 2 is 2.12 bits per heavy atom. The third-order valence-electron chi connectivity index (χ3n) is 3.62. The zero-order valence-corrected chi connectivity index (χ0v) is 10.9. The summed E-state index contributed by atoms with van der Waals surface area (Å²) in [6, 6.07) is 0.636. The number of likely N-dealkylation sites (N-methyl/N-ethyl adjacent to an activating group) is 1. The van der Waals surface area contributed by atoms with Crippen molar-refractivity contribution in [2.45, 2.75) is 38.8 Å². The highest BCUT2D eigenvalue weighted by molar-refractivity contribution is 4.83. The molecule has 4 nitrogen and oxygen atoms in total. The quantitative estimate of drug-likeness (QED) is 0.703. The van der Waals surface area contributed by atoms with Gasteiger partial charge in [0.1, 0.15) is 0 Å². The van der Waals surface area contributed by atoms with Crippen LogP contribution in [0.15, 0.2) is 0 Å². The van der Waals surface area contributed by atoms with E-state index in [2.05, 4.69) is 23.6 Å². The van der Waals surface area contributed by atoms with Crippen LogP contribution in [0.1, 0.15) is 27.2 Å². The van der Waals surface area contributed by atoms with Crippen LogP contribution in [0.5, 0.6) is 0 Å². The molecule has 0 amide bonds. The molecule has 3 N–H and O–H groups in total. The first-order valence-corrected chi connectivity index (χ1v) is 6.34. The number of nitrogens with two attached hydrogens (primary N) is 1. The minimum absolute atomic E-state index is 0.0669. The lowest BCUT2D eigenvalue weighted by atomic mass is 10.00. The normalized spacial score (nSPS) is 27.9. The summed E-state index contributed by atoms with van der Waals surface area (Å²) in [5.74, 6) is 0. The van der Waals surface area contributed by atoms with E-state index in [1.54, 1.807) is 0 Å². The smallest absolute Gasteiger partial charge is 0.0608 e. The van der Waals surface area contributed by atoms with E-state index in [0.29, 0.717) is 6.04 Å². The second-order valence-electron chi connectivity index (χ2n) is 5.34. The van der Waals surface area contributed by atoms with E-state index in [1.807, 2.05) is 6.92 Å². The molecule has 1 heterocycles. The number of aliphatic hydroxyl groups is 1. The molecule has 1 aliphatic rings. The molecule has 1 saturated heterocycles. The minimum atomic E-state index is -0.425. The van der Waals surface area contributed by atoms with E-state index in [9.17, 15) is 0 Å². The molecule has 0 bridgehead atoms. The van der Waals surface area contributed by atoms with Crippen molar-refractivity contribution in [2.75, 3.05) is 39.3 Å². The number of aliphatic hydroxyl groups excluding tert-OH is 1. The zero-order valence-electron chi connectivity index (χ0n) is 10.9. The fourth-order valence-corrected chi connectivity index (χ4v) is 2.24. The van der Waals surface area contributed by atoms with Crippen molar-refractivity contribution < 1.29 is 5.11 Å². The summed E-state index contributed by atoms with van der Waals surface area (Å²) in [6.07, 6.45) is 0.863. The Bertz CT molecular complexity index is 208. The monoisotopic (exact) mass is 229 g/mol. The van der Waals surface area contributed by atoms with Gasteiger partial charge in [-0.2, -0.15) is 0 Å². The van der Waals surface area contributed by atoms with Crippen LogP contribution in [-0.2, 0) is 0 Å². The molecule has 2 atom stereocenters. The molecule has 1 rings (SSSR count). The van der Waals surface area contributed by atoms with Gasteiger partial charge in [-0.15, -0.1) is 0 Å². The molecule has 96 valence electrons. The lowest BCUT2D eigenvalue weighted by Gasteiger charge is -2.40. The molecule has 16 heavy (non-hydrogen) atoms. The first-order valence-electron chi connectivity index (χ1n) is 6.34. The summed E-state index contributed by atoms with van der Waals surface area (Å²) >= 11 is 0. The number of nitrogens with zero attached hydrogens (tertiary/aromatic N) is 2. The van der Waals surface area contributed by atoms with Crippen molar-refractivity contribution in [1.82, 2.24) is 9.80 Å². The summed E-state index contributed by atoms with van der Waals surface area (Å²) in [5, 5.41) is 9.10. The third-order valence-corrected chi connectivity index (χ3v) is 3.62. The fraction of sp³-hybridized carbons (Fsp3) is 1.00. The number of rotatable bonds is 5. The van der Waals surface area contributed by atoms with Crippen LogP contribution >= 0.6 is 0 Å². The van der Waals surface area contributed by atoms with Crippen LogP contribution in [0.4, 0.5) is 0 Å². The molecule has 1 fully saturated rings. The largest absolute Gasteiger partial charge is 0.394 e. The number of piperazine rings is 1. The van der Waals surface area contributed by atoms with Crippen LogP contribution < -0.4 is 5.73 Å². The maximum Gasteiger partial charge on any atom is 0.0608 e. The van der Waals surface area contributed by atoms with Gasteiger partial charge in [-0.25, -0.2) is 0 Å². The Hall–Kier alpha value is -0.160. The van der Waals surface area contributed by atoms with Crippen molar-refractivity contribution in [1.29, 1.82) is 0 Å². The van der Waals surface area contributed by atoms with Gasteiger partial charge in [0.05, 0.1) is 6.61 Å². The Morgan fingerprint density at radius 3 is 2.62 bits per heavy atom. The van der Waals surface area contributed by atoms with Gasteiger partial charge in [-0.1, -0.05) is 6.92 Å². The van der Waals surface area contributed by atoms with Gasteiger partial charge < -0.3 is 15.7 Å². The van der Waals surface area contributed by atoms with E-state index in [0.717, 1.165) is 39.1 Å². The second kappa shape index (κ2) is 5.96. The molecule has 0 aromatic carbocycles. The Morgan fingerprint density at radius 1 is 1.44 bits per heavy atom. The highest BCUT2D eigenvalue weighted by Crippen LogP contribution is 2.12. The average molecular weight is 229 g/mol. The van der Waals surface area contributed by atoms with Gasteiger partial charge in [-0.05, 0) is 26.8 Å². The summed E-state index contributed by atoms with van der Waals surface area (Å²) in [4.78, 5) is 4.96. The number of hydrogen-bond donors (Lipinski definition) is 2. The molecule has 1 aliphatic heterocycles. The van der Waals surface area contributed by atoms with E-state index < -0.39 is 5.54 Å². The van der Waals surface area contributed by atoms with Gasteiger partial charge in [0.15, 0.2) is 0 Å². The van der Waals surface area contributed by atoms with Crippen LogP contribution in [0.3, 0.4) is 0 Å². The molecular weight excluding hydrogens is 202 g/mol. The van der Waals surface area contributed by atoms with Crippen molar-refractivity contribution in [3.05, 3.63) is 0 Å². The van der Waals surface area contributed by atoms with Crippen molar-refractivity contribution in [3.8, 4) is 0 Å². The molecule has 0 aromatic rings. The average Bonchev–Trinajstić information content (AvgIpc) is 2.27. The Labute approximate surface area is 99.4 Å². The summed E-state index contributed by atoms with van der Waals surface area (Å²) < 4.78 is 0. The van der Waals surface area contributed by atoms with Gasteiger partial charge in [0, 0.05) is 37.8 Å². The van der Waals surface area contributed by atoms with Gasteiger partial charge in [-0.3, -0.25) is 4.90 Å². The lowest BCUT2D eigenvalue weighted by molar-refractivity contribution is 0.0788. The SMILES string of the molecule is CCN1CCN(CCC(C)(N)CO)CC1C. The maximum absolute atomic E-state index is 9.10. The Balaban J connectivity index is 2.30. The van der Waals surface area contributed by atoms with Crippen LogP contribution in [0.2, 0.25) is 0 Å². The third kappa shape index (κ3) is 4.01. The zero-order chi connectivity index (χ0) is 12.2. The molecule has 0 saturated carbocycles. The second-order valence-corrected chi connectivity index (χ2v) is 5.34. The maximum atomic E-state index is 9.10.